The van der Waals surface area contributed by atoms with E-state index in [-0.39, 0.29) is 0 Å². The SMILES string of the molecule is Cc1ccc(-c2ccc(-c3ccc(C(C)(c4c(F)c(F)c(F)c(F)c4F)C(F)(F)F)cc3)cc2)cc1. The van der Waals surface area contributed by atoms with Gasteiger partial charge in [0.05, 0.1) is 0 Å². The van der Waals surface area contributed by atoms with Gasteiger partial charge in [-0.05, 0) is 41.7 Å². The number of halogens is 8. The highest BCUT2D eigenvalue weighted by Crippen LogP contribution is 2.49. The zero-order valence-electron chi connectivity index (χ0n) is 19.0. The van der Waals surface area contributed by atoms with Gasteiger partial charge in [-0.1, -0.05) is 78.4 Å². The lowest BCUT2D eigenvalue weighted by Gasteiger charge is -2.34. The van der Waals surface area contributed by atoms with Gasteiger partial charge in [-0.25, -0.2) is 22.0 Å². The zero-order valence-corrected chi connectivity index (χ0v) is 19.0. The number of aryl methyl sites for hydroxylation is 1. The number of hydrogen-bond donors (Lipinski definition) is 0. The van der Waals surface area contributed by atoms with Crippen LogP contribution in [-0.4, -0.2) is 6.18 Å². The molecule has 1 atom stereocenters. The summed E-state index contributed by atoms with van der Waals surface area (Å²) in [6, 6.07) is 19.6. The molecule has 0 radical (unpaired) electrons. The molecule has 186 valence electrons. The number of benzene rings is 4. The Labute approximate surface area is 201 Å². The summed E-state index contributed by atoms with van der Waals surface area (Å²) in [5.41, 5.74) is -1.99. The van der Waals surface area contributed by atoms with E-state index in [1.54, 1.807) is 12.1 Å². The molecule has 36 heavy (non-hydrogen) atoms. The van der Waals surface area contributed by atoms with E-state index in [4.69, 9.17) is 0 Å². The lowest BCUT2D eigenvalue weighted by Crippen LogP contribution is -2.43. The van der Waals surface area contributed by atoms with Crippen LogP contribution in [0.25, 0.3) is 22.3 Å². The van der Waals surface area contributed by atoms with Gasteiger partial charge in [0.15, 0.2) is 23.3 Å². The Kier molecular flexibility index (Phi) is 6.41. The highest BCUT2D eigenvalue weighted by Gasteiger charge is 2.57. The van der Waals surface area contributed by atoms with E-state index in [0.717, 1.165) is 28.8 Å². The monoisotopic (exact) mass is 506 g/mol. The first kappa shape index (κ1) is 25.4. The molecule has 1 unspecified atom stereocenters. The summed E-state index contributed by atoms with van der Waals surface area (Å²) in [6.45, 7) is 2.35. The van der Waals surface area contributed by atoms with E-state index in [9.17, 15) is 35.1 Å². The van der Waals surface area contributed by atoms with Gasteiger partial charge in [-0.3, -0.25) is 0 Å². The van der Waals surface area contributed by atoms with Gasteiger partial charge in [0.2, 0.25) is 5.82 Å². The third kappa shape index (κ3) is 4.14. The van der Waals surface area contributed by atoms with Crippen LogP contribution in [0.4, 0.5) is 35.1 Å². The topological polar surface area (TPSA) is 0 Å². The molecule has 0 saturated heterocycles. The van der Waals surface area contributed by atoms with Crippen molar-refractivity contribution in [3.63, 3.8) is 0 Å². The fourth-order valence-electron chi connectivity index (χ4n) is 4.09. The van der Waals surface area contributed by atoms with Gasteiger partial charge in [0, 0.05) is 5.56 Å². The fourth-order valence-corrected chi connectivity index (χ4v) is 4.09. The van der Waals surface area contributed by atoms with Crippen LogP contribution in [-0.2, 0) is 5.41 Å². The molecule has 0 aromatic heterocycles. The highest BCUT2D eigenvalue weighted by atomic mass is 19.4. The van der Waals surface area contributed by atoms with Gasteiger partial charge >= 0.3 is 6.18 Å². The molecule has 0 N–H and O–H groups in total. The van der Waals surface area contributed by atoms with E-state index >= 15 is 0 Å². The molecule has 0 spiro atoms. The van der Waals surface area contributed by atoms with E-state index in [0.29, 0.717) is 18.1 Å². The average molecular weight is 506 g/mol. The van der Waals surface area contributed by atoms with Crippen molar-refractivity contribution in [3.05, 3.63) is 119 Å². The second kappa shape index (κ2) is 9.08. The molecule has 8 heteroatoms. The molecule has 0 saturated carbocycles. The average Bonchev–Trinajstić information content (AvgIpc) is 2.86. The van der Waals surface area contributed by atoms with Crippen molar-refractivity contribution in [1.29, 1.82) is 0 Å². The first-order valence-corrected chi connectivity index (χ1v) is 10.7. The normalized spacial score (nSPS) is 13.5. The maximum absolute atomic E-state index is 14.4. The summed E-state index contributed by atoms with van der Waals surface area (Å²) in [4.78, 5) is 0. The summed E-state index contributed by atoms with van der Waals surface area (Å²) in [6.07, 6.45) is -5.39. The Hall–Kier alpha value is -3.68. The largest absolute Gasteiger partial charge is 0.402 e. The Morgan fingerprint density at radius 3 is 1.14 bits per heavy atom. The molecule has 4 rings (SSSR count). The molecule has 0 aliphatic rings. The Balaban J connectivity index is 1.76. The third-order valence-electron chi connectivity index (χ3n) is 6.34. The van der Waals surface area contributed by atoms with E-state index in [2.05, 4.69) is 0 Å². The van der Waals surface area contributed by atoms with Crippen molar-refractivity contribution in [3.8, 4) is 22.3 Å². The van der Waals surface area contributed by atoms with Crippen LogP contribution in [0.2, 0.25) is 0 Å². The predicted octanol–water partition coefficient (Wildman–Crippen LogP) is 8.89. The second-order valence-electron chi connectivity index (χ2n) is 8.59. The van der Waals surface area contributed by atoms with E-state index in [1.165, 1.54) is 12.1 Å². The van der Waals surface area contributed by atoms with Crippen molar-refractivity contribution in [2.45, 2.75) is 25.4 Å². The van der Waals surface area contributed by atoms with Gasteiger partial charge in [0.25, 0.3) is 0 Å². The van der Waals surface area contributed by atoms with E-state index < -0.39 is 51.8 Å². The predicted molar refractivity (Wildman–Crippen MR) is 121 cm³/mol. The zero-order chi connectivity index (χ0) is 26.4. The fraction of sp³-hybridized carbons (Fsp3) is 0.143. The molecule has 0 nitrogen and oxygen atoms in total. The van der Waals surface area contributed by atoms with E-state index in [1.807, 2.05) is 43.3 Å². The highest BCUT2D eigenvalue weighted by molar-refractivity contribution is 5.71. The van der Waals surface area contributed by atoms with Crippen LogP contribution >= 0.6 is 0 Å². The third-order valence-corrected chi connectivity index (χ3v) is 6.34. The Morgan fingerprint density at radius 1 is 0.472 bits per heavy atom. The summed E-state index contributed by atoms with van der Waals surface area (Å²) < 4.78 is 112. The van der Waals surface area contributed by atoms with Gasteiger partial charge < -0.3 is 0 Å². The number of hydrogen-bond acceptors (Lipinski definition) is 0. The first-order chi connectivity index (χ1) is 16.9. The van der Waals surface area contributed by atoms with Crippen molar-refractivity contribution < 1.29 is 35.1 Å². The molecule has 0 bridgehead atoms. The summed E-state index contributed by atoms with van der Waals surface area (Å²) in [7, 11) is 0. The van der Waals surface area contributed by atoms with Crippen LogP contribution < -0.4 is 0 Å². The summed E-state index contributed by atoms with van der Waals surface area (Å²) >= 11 is 0. The van der Waals surface area contributed by atoms with Crippen LogP contribution in [0.5, 0.6) is 0 Å². The summed E-state index contributed by atoms with van der Waals surface area (Å²) in [5.74, 6) is -12.5. The number of rotatable bonds is 4. The van der Waals surface area contributed by atoms with Crippen LogP contribution in [0.15, 0.2) is 72.8 Å². The minimum atomic E-state index is -5.39. The lowest BCUT2D eigenvalue weighted by atomic mass is 9.74. The maximum Gasteiger partial charge on any atom is 0.402 e. The van der Waals surface area contributed by atoms with Gasteiger partial charge in [-0.2, -0.15) is 13.2 Å². The van der Waals surface area contributed by atoms with Crippen LogP contribution in [0.3, 0.4) is 0 Å². The standard InChI is InChI=1S/C28H18F8/c1-15-3-5-16(6-4-15)17-7-9-18(10-8-17)19-11-13-20(14-12-19)27(2,28(34,35)36)21-22(29)24(31)26(33)25(32)23(21)30/h3-14H,1-2H3. The van der Waals surface area contributed by atoms with Gasteiger partial charge in [-0.15, -0.1) is 0 Å². The molecule has 0 heterocycles. The van der Waals surface area contributed by atoms with Crippen molar-refractivity contribution in [2.24, 2.45) is 0 Å². The van der Waals surface area contributed by atoms with Crippen molar-refractivity contribution in [1.82, 2.24) is 0 Å². The quantitative estimate of drug-likeness (QED) is 0.147. The Bertz CT molecular complexity index is 1370. The first-order valence-electron chi connectivity index (χ1n) is 10.7. The minimum absolute atomic E-state index is 0.386. The smallest absolute Gasteiger partial charge is 0.203 e. The lowest BCUT2D eigenvalue weighted by molar-refractivity contribution is -0.174. The summed E-state index contributed by atoms with van der Waals surface area (Å²) in [5, 5.41) is 0. The molecule has 4 aromatic carbocycles. The van der Waals surface area contributed by atoms with Crippen molar-refractivity contribution >= 4 is 0 Å². The molecule has 0 amide bonds. The Morgan fingerprint density at radius 2 is 0.778 bits per heavy atom. The van der Waals surface area contributed by atoms with Crippen LogP contribution in [0.1, 0.15) is 23.6 Å². The molecule has 0 aliphatic carbocycles. The molecule has 0 aliphatic heterocycles. The molecule has 4 aromatic rings. The molecular formula is C28H18F8. The maximum atomic E-state index is 14.4. The molecular weight excluding hydrogens is 488 g/mol. The minimum Gasteiger partial charge on any atom is -0.203 e. The van der Waals surface area contributed by atoms with Crippen molar-refractivity contribution in [2.75, 3.05) is 0 Å². The van der Waals surface area contributed by atoms with Crippen LogP contribution in [0, 0.1) is 36.0 Å². The number of alkyl halides is 3. The second-order valence-corrected chi connectivity index (χ2v) is 8.59. The molecule has 0 fully saturated rings. The van der Waals surface area contributed by atoms with Gasteiger partial charge in [0.1, 0.15) is 5.41 Å².